The molecule has 14 heavy (non-hydrogen) atoms. The van der Waals surface area contributed by atoms with Crippen LogP contribution in [-0.2, 0) is 24.1 Å². The van der Waals surface area contributed by atoms with Gasteiger partial charge in [0.25, 0.3) is 0 Å². The van der Waals surface area contributed by atoms with Gasteiger partial charge in [0.2, 0.25) is 0 Å². The molecule has 0 radical (unpaired) electrons. The first-order valence-corrected chi connectivity index (χ1v) is 5.09. The summed E-state index contributed by atoms with van der Waals surface area (Å²) in [5.74, 6) is 1.13. The molecule has 1 aliphatic rings. The number of aryl methyl sites for hydroxylation is 1. The standard InChI is InChI=1S/C10H17N3O/c1-14-5-3-9-7-13-4-2-8(11)6-10(13)12-9/h7-8H,2-6,11H2,1H3. The molecule has 0 aromatic carbocycles. The van der Waals surface area contributed by atoms with Crippen LogP contribution in [0.2, 0.25) is 0 Å². The van der Waals surface area contributed by atoms with Crippen LogP contribution in [0.4, 0.5) is 0 Å². The molecular weight excluding hydrogens is 178 g/mol. The van der Waals surface area contributed by atoms with Gasteiger partial charge in [0, 0.05) is 38.7 Å². The van der Waals surface area contributed by atoms with Crippen LogP contribution < -0.4 is 5.73 Å². The van der Waals surface area contributed by atoms with E-state index in [0.29, 0.717) is 6.04 Å². The summed E-state index contributed by atoms with van der Waals surface area (Å²) in [5.41, 5.74) is 7.00. The Labute approximate surface area is 84.1 Å². The molecule has 1 aliphatic heterocycles. The Bertz CT molecular complexity index is 308. The Morgan fingerprint density at radius 3 is 3.36 bits per heavy atom. The quantitative estimate of drug-likeness (QED) is 0.757. The Hall–Kier alpha value is -0.870. The van der Waals surface area contributed by atoms with Crippen molar-refractivity contribution in [3.63, 3.8) is 0 Å². The van der Waals surface area contributed by atoms with Crippen LogP contribution in [0.1, 0.15) is 17.9 Å². The highest BCUT2D eigenvalue weighted by molar-refractivity contribution is 5.08. The number of aromatic nitrogens is 2. The van der Waals surface area contributed by atoms with E-state index in [0.717, 1.165) is 43.9 Å². The molecule has 78 valence electrons. The van der Waals surface area contributed by atoms with Crippen LogP contribution in [0, 0.1) is 0 Å². The SMILES string of the molecule is COCCc1cn2c(n1)CC(N)CC2. The van der Waals surface area contributed by atoms with Gasteiger partial charge in [0.1, 0.15) is 5.82 Å². The smallest absolute Gasteiger partial charge is 0.110 e. The van der Waals surface area contributed by atoms with Crippen LogP contribution in [0.3, 0.4) is 0 Å². The fourth-order valence-electron chi connectivity index (χ4n) is 1.84. The molecule has 0 bridgehead atoms. The minimum absolute atomic E-state index is 0.292. The van der Waals surface area contributed by atoms with Crippen molar-refractivity contribution in [2.75, 3.05) is 13.7 Å². The van der Waals surface area contributed by atoms with E-state index in [2.05, 4.69) is 15.7 Å². The molecule has 0 spiro atoms. The van der Waals surface area contributed by atoms with Crippen molar-refractivity contribution in [3.05, 3.63) is 17.7 Å². The zero-order chi connectivity index (χ0) is 9.97. The maximum absolute atomic E-state index is 5.88. The summed E-state index contributed by atoms with van der Waals surface area (Å²) in [6, 6.07) is 0.292. The second-order valence-electron chi connectivity index (χ2n) is 3.84. The monoisotopic (exact) mass is 195 g/mol. The summed E-state index contributed by atoms with van der Waals surface area (Å²) in [7, 11) is 1.71. The van der Waals surface area contributed by atoms with Gasteiger partial charge < -0.3 is 15.0 Å². The highest BCUT2D eigenvalue weighted by atomic mass is 16.5. The van der Waals surface area contributed by atoms with Crippen molar-refractivity contribution in [2.45, 2.75) is 31.8 Å². The molecule has 0 fully saturated rings. The molecular formula is C10H17N3O. The fraction of sp³-hybridized carbons (Fsp3) is 0.700. The lowest BCUT2D eigenvalue weighted by Gasteiger charge is -2.18. The number of methoxy groups -OCH3 is 1. The molecule has 0 saturated heterocycles. The molecule has 0 amide bonds. The first kappa shape index (κ1) is 9.68. The van der Waals surface area contributed by atoms with Gasteiger partial charge in [-0.05, 0) is 6.42 Å². The number of nitrogens with two attached hydrogens (primary N) is 1. The predicted molar refractivity (Wildman–Crippen MR) is 54.1 cm³/mol. The fourth-order valence-corrected chi connectivity index (χ4v) is 1.84. The first-order valence-electron chi connectivity index (χ1n) is 5.09. The van der Waals surface area contributed by atoms with Gasteiger partial charge in [-0.1, -0.05) is 0 Å². The molecule has 0 saturated carbocycles. The number of fused-ring (bicyclic) bond motifs is 1. The average molecular weight is 195 g/mol. The minimum Gasteiger partial charge on any atom is -0.384 e. The molecule has 2 N–H and O–H groups in total. The topological polar surface area (TPSA) is 53.1 Å². The largest absolute Gasteiger partial charge is 0.384 e. The first-order chi connectivity index (χ1) is 6.79. The molecule has 1 unspecified atom stereocenters. The number of hydrogen-bond donors (Lipinski definition) is 1. The third kappa shape index (κ3) is 1.96. The van der Waals surface area contributed by atoms with Gasteiger partial charge in [0.05, 0.1) is 12.3 Å². The lowest BCUT2D eigenvalue weighted by Crippen LogP contribution is -2.30. The van der Waals surface area contributed by atoms with E-state index >= 15 is 0 Å². The van der Waals surface area contributed by atoms with E-state index in [1.807, 2.05) is 0 Å². The van der Waals surface area contributed by atoms with Crippen molar-refractivity contribution in [1.29, 1.82) is 0 Å². The number of rotatable bonds is 3. The summed E-state index contributed by atoms with van der Waals surface area (Å²) < 4.78 is 7.24. The van der Waals surface area contributed by atoms with Gasteiger partial charge in [-0.2, -0.15) is 0 Å². The summed E-state index contributed by atoms with van der Waals surface area (Å²) >= 11 is 0. The summed E-state index contributed by atoms with van der Waals surface area (Å²) in [5, 5.41) is 0. The Kier molecular flexibility index (Phi) is 2.84. The summed E-state index contributed by atoms with van der Waals surface area (Å²) in [6.07, 6.45) is 4.99. The van der Waals surface area contributed by atoms with E-state index in [1.165, 1.54) is 0 Å². The molecule has 0 aliphatic carbocycles. The zero-order valence-corrected chi connectivity index (χ0v) is 8.57. The lowest BCUT2D eigenvalue weighted by molar-refractivity contribution is 0.201. The van der Waals surface area contributed by atoms with E-state index in [9.17, 15) is 0 Å². The number of nitrogens with zero attached hydrogens (tertiary/aromatic N) is 2. The number of imidazole rings is 1. The number of ether oxygens (including phenoxy) is 1. The van der Waals surface area contributed by atoms with Crippen LogP contribution in [-0.4, -0.2) is 29.3 Å². The highest BCUT2D eigenvalue weighted by Crippen LogP contribution is 2.14. The summed E-state index contributed by atoms with van der Waals surface area (Å²) in [6.45, 7) is 1.75. The van der Waals surface area contributed by atoms with E-state index in [4.69, 9.17) is 10.5 Å². The molecule has 4 heteroatoms. The second-order valence-corrected chi connectivity index (χ2v) is 3.84. The average Bonchev–Trinajstić information content (AvgIpc) is 2.56. The van der Waals surface area contributed by atoms with Gasteiger partial charge in [-0.15, -0.1) is 0 Å². The zero-order valence-electron chi connectivity index (χ0n) is 8.57. The van der Waals surface area contributed by atoms with Crippen LogP contribution in [0.15, 0.2) is 6.20 Å². The van der Waals surface area contributed by atoms with Crippen molar-refractivity contribution in [3.8, 4) is 0 Å². The third-order valence-electron chi connectivity index (χ3n) is 2.66. The maximum Gasteiger partial charge on any atom is 0.110 e. The van der Waals surface area contributed by atoms with Crippen LogP contribution in [0.5, 0.6) is 0 Å². The number of hydrogen-bond acceptors (Lipinski definition) is 3. The van der Waals surface area contributed by atoms with Crippen molar-refractivity contribution < 1.29 is 4.74 Å². The van der Waals surface area contributed by atoms with Crippen LogP contribution >= 0.6 is 0 Å². The second kappa shape index (κ2) is 4.11. The van der Waals surface area contributed by atoms with Crippen molar-refractivity contribution in [1.82, 2.24) is 9.55 Å². The molecule has 2 rings (SSSR count). The molecule has 1 aromatic heterocycles. The van der Waals surface area contributed by atoms with Crippen LogP contribution in [0.25, 0.3) is 0 Å². The normalized spacial score (nSPS) is 20.9. The van der Waals surface area contributed by atoms with Gasteiger partial charge in [0.15, 0.2) is 0 Å². The van der Waals surface area contributed by atoms with E-state index < -0.39 is 0 Å². The molecule has 2 heterocycles. The molecule has 1 atom stereocenters. The highest BCUT2D eigenvalue weighted by Gasteiger charge is 2.17. The minimum atomic E-state index is 0.292. The predicted octanol–water partition coefficient (Wildman–Crippen LogP) is 0.346. The van der Waals surface area contributed by atoms with Gasteiger partial charge in [-0.3, -0.25) is 0 Å². The Balaban J connectivity index is 2.07. The van der Waals surface area contributed by atoms with E-state index in [1.54, 1.807) is 7.11 Å². The van der Waals surface area contributed by atoms with Gasteiger partial charge in [-0.25, -0.2) is 4.98 Å². The molecule has 4 nitrogen and oxygen atoms in total. The van der Waals surface area contributed by atoms with E-state index in [-0.39, 0.29) is 0 Å². The maximum atomic E-state index is 5.88. The third-order valence-corrected chi connectivity index (χ3v) is 2.66. The summed E-state index contributed by atoms with van der Waals surface area (Å²) in [4.78, 5) is 4.54. The van der Waals surface area contributed by atoms with Crippen molar-refractivity contribution in [2.24, 2.45) is 5.73 Å². The lowest BCUT2D eigenvalue weighted by atomic mass is 10.1. The van der Waals surface area contributed by atoms with Crippen molar-refractivity contribution >= 4 is 0 Å². The van der Waals surface area contributed by atoms with Gasteiger partial charge >= 0.3 is 0 Å². The Morgan fingerprint density at radius 1 is 1.71 bits per heavy atom. The molecule has 1 aromatic rings. The Morgan fingerprint density at radius 2 is 2.57 bits per heavy atom.